The lowest BCUT2D eigenvalue weighted by Gasteiger charge is -2.17. The van der Waals surface area contributed by atoms with Crippen molar-refractivity contribution < 1.29 is 24.2 Å². The smallest absolute Gasteiger partial charge is 0.335 e. The van der Waals surface area contributed by atoms with Gasteiger partial charge in [-0.1, -0.05) is 59.8 Å². The first-order valence-electron chi connectivity index (χ1n) is 10.4. The van der Waals surface area contributed by atoms with E-state index in [-0.39, 0.29) is 11.5 Å². The first kappa shape index (κ1) is 24.8. The van der Waals surface area contributed by atoms with E-state index in [0.717, 1.165) is 28.5 Å². The van der Waals surface area contributed by atoms with Crippen LogP contribution in [0.3, 0.4) is 0 Å². The molecule has 0 aromatic heterocycles. The number of aromatic carboxylic acids is 1. The Morgan fingerprint density at radius 3 is 2.54 bits per heavy atom. The molecule has 0 radical (unpaired) electrons. The number of hydrogen-bond donors (Lipinski definition) is 1. The van der Waals surface area contributed by atoms with Gasteiger partial charge >= 0.3 is 5.97 Å². The molecule has 1 aliphatic heterocycles. The summed E-state index contributed by atoms with van der Waals surface area (Å²) >= 11 is 12.5. The Bertz CT molecular complexity index is 1350. The van der Waals surface area contributed by atoms with Gasteiger partial charge in [0.1, 0.15) is 6.61 Å². The molecule has 1 amide bonds. The molecule has 1 saturated heterocycles. The molecule has 1 fully saturated rings. The summed E-state index contributed by atoms with van der Waals surface area (Å²) in [5, 5.41) is 9.99. The number of carboxylic acid groups (broad SMARTS) is 1. The quantitative estimate of drug-likeness (QED) is 0.285. The van der Waals surface area contributed by atoms with Crippen LogP contribution in [0.15, 0.2) is 65.6 Å². The number of rotatable bonds is 7. The van der Waals surface area contributed by atoms with Crippen LogP contribution in [0.4, 0.5) is 5.69 Å². The summed E-state index contributed by atoms with van der Waals surface area (Å²) in [4.78, 5) is 26.4. The van der Waals surface area contributed by atoms with Crippen LogP contribution in [0.1, 0.15) is 27.0 Å². The Hall–Kier alpha value is -3.33. The average Bonchev–Trinajstić information content (AvgIpc) is 3.11. The van der Waals surface area contributed by atoms with Crippen LogP contribution in [0, 0.1) is 6.92 Å². The number of halogens is 1. The summed E-state index contributed by atoms with van der Waals surface area (Å²) in [5.74, 6) is -0.299. The zero-order valence-electron chi connectivity index (χ0n) is 18.8. The Morgan fingerprint density at radius 2 is 1.86 bits per heavy atom. The highest BCUT2D eigenvalue weighted by Crippen LogP contribution is 2.38. The lowest BCUT2D eigenvalue weighted by atomic mass is 10.1. The van der Waals surface area contributed by atoms with Crippen molar-refractivity contribution in [2.45, 2.75) is 13.5 Å². The minimum Gasteiger partial charge on any atom is -0.493 e. The fourth-order valence-electron chi connectivity index (χ4n) is 3.45. The van der Waals surface area contributed by atoms with Crippen LogP contribution in [-0.4, -0.2) is 28.4 Å². The van der Waals surface area contributed by atoms with E-state index in [1.54, 1.807) is 50.4 Å². The van der Waals surface area contributed by atoms with Crippen molar-refractivity contribution in [3.8, 4) is 11.5 Å². The first-order chi connectivity index (χ1) is 16.8. The van der Waals surface area contributed by atoms with Crippen LogP contribution in [0.25, 0.3) is 6.08 Å². The highest BCUT2D eigenvalue weighted by molar-refractivity contribution is 8.27. The molecule has 3 aromatic carbocycles. The summed E-state index contributed by atoms with van der Waals surface area (Å²) in [7, 11) is 1.55. The van der Waals surface area contributed by atoms with Gasteiger partial charge in [-0.2, -0.15) is 0 Å². The first-order valence-corrected chi connectivity index (χ1v) is 12.0. The van der Waals surface area contributed by atoms with Gasteiger partial charge in [0.05, 0.1) is 23.3 Å². The number of aryl methyl sites for hydroxylation is 1. The highest BCUT2D eigenvalue weighted by Gasteiger charge is 2.34. The number of nitrogens with zero attached hydrogens (tertiary/aromatic N) is 1. The van der Waals surface area contributed by atoms with Crippen molar-refractivity contribution in [1.29, 1.82) is 0 Å². The van der Waals surface area contributed by atoms with Gasteiger partial charge in [0.15, 0.2) is 15.8 Å². The van der Waals surface area contributed by atoms with E-state index in [4.69, 9.17) is 33.3 Å². The largest absolute Gasteiger partial charge is 0.493 e. The normalized spacial score (nSPS) is 14.5. The molecular weight excluding hydrogens is 506 g/mol. The second kappa shape index (κ2) is 10.5. The minimum absolute atomic E-state index is 0.0857. The molecule has 0 spiro atoms. The molecule has 1 heterocycles. The molecule has 0 unspecified atom stereocenters. The Morgan fingerprint density at radius 1 is 1.11 bits per heavy atom. The number of benzene rings is 3. The molecule has 9 heteroatoms. The maximum Gasteiger partial charge on any atom is 0.335 e. The zero-order chi connectivity index (χ0) is 25.1. The fraction of sp³-hybridized carbons (Fsp3) is 0.115. The Kier molecular flexibility index (Phi) is 7.45. The number of methoxy groups -OCH3 is 1. The summed E-state index contributed by atoms with van der Waals surface area (Å²) < 4.78 is 11.7. The van der Waals surface area contributed by atoms with E-state index in [9.17, 15) is 14.7 Å². The molecule has 0 saturated carbocycles. The maximum atomic E-state index is 13.2. The van der Waals surface area contributed by atoms with Crippen molar-refractivity contribution in [2.24, 2.45) is 0 Å². The topological polar surface area (TPSA) is 76.1 Å². The van der Waals surface area contributed by atoms with E-state index in [0.29, 0.717) is 38.0 Å². The summed E-state index contributed by atoms with van der Waals surface area (Å²) in [5.41, 5.74) is 2.99. The van der Waals surface area contributed by atoms with Crippen molar-refractivity contribution in [1.82, 2.24) is 0 Å². The van der Waals surface area contributed by atoms with E-state index in [1.165, 1.54) is 17.0 Å². The van der Waals surface area contributed by atoms with Gasteiger partial charge in [-0.05, 0) is 66.1 Å². The Labute approximate surface area is 217 Å². The molecule has 35 heavy (non-hydrogen) atoms. The molecule has 178 valence electrons. The monoisotopic (exact) mass is 525 g/mol. The second-order valence-corrected chi connectivity index (χ2v) is 9.76. The van der Waals surface area contributed by atoms with E-state index in [2.05, 4.69) is 0 Å². The van der Waals surface area contributed by atoms with Gasteiger partial charge in [-0.25, -0.2) is 4.79 Å². The molecule has 6 nitrogen and oxygen atoms in total. The molecule has 1 aliphatic rings. The lowest BCUT2D eigenvalue weighted by molar-refractivity contribution is -0.113. The lowest BCUT2D eigenvalue weighted by Crippen LogP contribution is -2.28. The number of amides is 1. The summed E-state index contributed by atoms with van der Waals surface area (Å²) in [6.45, 7) is 2.15. The van der Waals surface area contributed by atoms with Gasteiger partial charge in [-0.15, -0.1) is 0 Å². The Balaban J connectivity index is 1.56. The van der Waals surface area contributed by atoms with Crippen molar-refractivity contribution in [3.05, 3.63) is 92.8 Å². The second-order valence-electron chi connectivity index (χ2n) is 7.65. The van der Waals surface area contributed by atoms with Crippen LogP contribution < -0.4 is 14.4 Å². The minimum atomic E-state index is -1.07. The van der Waals surface area contributed by atoms with Gasteiger partial charge in [0.25, 0.3) is 5.91 Å². The van der Waals surface area contributed by atoms with Gasteiger partial charge < -0.3 is 14.6 Å². The third kappa shape index (κ3) is 5.51. The molecule has 3 aromatic rings. The maximum absolute atomic E-state index is 13.2. The number of carbonyl (C=O) groups excluding carboxylic acids is 1. The van der Waals surface area contributed by atoms with Crippen molar-refractivity contribution in [3.63, 3.8) is 0 Å². The molecule has 0 aliphatic carbocycles. The van der Waals surface area contributed by atoms with Crippen molar-refractivity contribution >= 4 is 63.5 Å². The fourth-order valence-corrected chi connectivity index (χ4v) is 4.86. The molecule has 0 bridgehead atoms. The van der Waals surface area contributed by atoms with E-state index < -0.39 is 5.97 Å². The molecule has 1 N–H and O–H groups in total. The number of thiocarbonyl (C=S) groups is 1. The molecule has 0 atom stereocenters. The van der Waals surface area contributed by atoms with E-state index in [1.807, 2.05) is 18.2 Å². The summed E-state index contributed by atoms with van der Waals surface area (Å²) in [6.07, 6.45) is 1.72. The SMILES string of the molecule is COc1cc(/C=C2\SC(=S)N(c3cc(C(=O)O)ccc3C)C2=O)ccc1OCc1ccc(Cl)cc1. The van der Waals surface area contributed by atoms with Crippen LogP contribution in [0.5, 0.6) is 11.5 Å². The number of thioether (sulfide) groups is 1. The van der Waals surface area contributed by atoms with Crippen LogP contribution >= 0.6 is 35.6 Å². The van der Waals surface area contributed by atoms with Gasteiger partial charge in [0, 0.05) is 5.02 Å². The molecule has 4 rings (SSSR count). The summed E-state index contributed by atoms with van der Waals surface area (Å²) in [6, 6.07) is 17.4. The number of hydrogen-bond acceptors (Lipinski definition) is 6. The van der Waals surface area contributed by atoms with Crippen LogP contribution in [0.2, 0.25) is 5.02 Å². The van der Waals surface area contributed by atoms with E-state index >= 15 is 0 Å². The number of carboxylic acids is 1. The third-order valence-corrected chi connectivity index (χ3v) is 6.84. The number of ether oxygens (including phenoxy) is 2. The number of anilines is 1. The number of carbonyl (C=O) groups is 2. The predicted molar refractivity (Wildman–Crippen MR) is 143 cm³/mol. The molecular formula is C26H20ClNO5S2. The van der Waals surface area contributed by atoms with Crippen LogP contribution in [-0.2, 0) is 11.4 Å². The van der Waals surface area contributed by atoms with Crippen molar-refractivity contribution in [2.75, 3.05) is 12.0 Å². The average molecular weight is 526 g/mol. The standard InChI is InChI=1S/C26H20ClNO5S2/c1-15-3-7-18(25(30)31)13-20(15)28-24(29)23(35-26(28)34)12-17-6-10-21(22(11-17)32-2)33-14-16-4-8-19(27)9-5-16/h3-13H,14H2,1-2H3,(H,30,31)/b23-12-. The van der Waals surface area contributed by atoms with Gasteiger partial charge in [0.2, 0.25) is 0 Å². The highest BCUT2D eigenvalue weighted by atomic mass is 35.5. The zero-order valence-corrected chi connectivity index (χ0v) is 21.2. The predicted octanol–water partition coefficient (Wildman–Crippen LogP) is 6.34. The van der Waals surface area contributed by atoms with Gasteiger partial charge in [-0.3, -0.25) is 9.69 Å². The third-order valence-electron chi connectivity index (χ3n) is 5.28.